The van der Waals surface area contributed by atoms with Crippen LogP contribution in [-0.2, 0) is 17.4 Å². The first-order chi connectivity index (χ1) is 9.68. The standard InChI is InChI=1S/C19H24BrN/c1-18(2,3)15-10-8-14(9-11-15)13-19(4,21)16-6-5-7-17(20)12-16/h5-12H,13,21H2,1-4H3. The summed E-state index contributed by atoms with van der Waals surface area (Å²) in [5.41, 5.74) is 10.1. The van der Waals surface area contributed by atoms with Gasteiger partial charge in [-0.3, -0.25) is 0 Å². The van der Waals surface area contributed by atoms with Gasteiger partial charge in [0.05, 0.1) is 0 Å². The Hall–Kier alpha value is -1.12. The normalized spacial score (nSPS) is 14.8. The molecule has 1 unspecified atom stereocenters. The van der Waals surface area contributed by atoms with Crippen LogP contribution in [0.15, 0.2) is 53.0 Å². The summed E-state index contributed by atoms with van der Waals surface area (Å²) in [5, 5.41) is 0. The van der Waals surface area contributed by atoms with Crippen molar-refractivity contribution < 1.29 is 0 Å². The monoisotopic (exact) mass is 345 g/mol. The van der Waals surface area contributed by atoms with E-state index in [1.54, 1.807) is 0 Å². The van der Waals surface area contributed by atoms with Crippen LogP contribution in [-0.4, -0.2) is 0 Å². The van der Waals surface area contributed by atoms with Crippen molar-refractivity contribution in [1.29, 1.82) is 0 Å². The highest BCUT2D eigenvalue weighted by atomic mass is 79.9. The molecule has 1 nitrogen and oxygen atoms in total. The van der Waals surface area contributed by atoms with Crippen LogP contribution in [0.5, 0.6) is 0 Å². The Kier molecular flexibility index (Phi) is 4.60. The molecule has 2 rings (SSSR count). The Bertz CT molecular complexity index is 606. The van der Waals surface area contributed by atoms with E-state index >= 15 is 0 Å². The van der Waals surface area contributed by atoms with Crippen LogP contribution in [0, 0.1) is 0 Å². The van der Waals surface area contributed by atoms with Crippen molar-refractivity contribution in [1.82, 2.24) is 0 Å². The summed E-state index contributed by atoms with van der Waals surface area (Å²) in [4.78, 5) is 0. The average molecular weight is 346 g/mol. The van der Waals surface area contributed by atoms with Crippen LogP contribution < -0.4 is 5.73 Å². The van der Waals surface area contributed by atoms with E-state index in [0.717, 1.165) is 16.5 Å². The lowest BCUT2D eigenvalue weighted by molar-refractivity contribution is 0.491. The van der Waals surface area contributed by atoms with Crippen LogP contribution in [0.1, 0.15) is 44.4 Å². The molecule has 1 atom stereocenters. The molecule has 0 radical (unpaired) electrons. The van der Waals surface area contributed by atoms with E-state index in [1.807, 2.05) is 12.1 Å². The smallest absolute Gasteiger partial charge is 0.0422 e. The molecule has 0 saturated carbocycles. The summed E-state index contributed by atoms with van der Waals surface area (Å²) >= 11 is 3.52. The number of hydrogen-bond donors (Lipinski definition) is 1. The maximum Gasteiger partial charge on any atom is 0.0422 e. The molecule has 2 aromatic rings. The summed E-state index contributed by atoms with van der Waals surface area (Å²) in [7, 11) is 0. The summed E-state index contributed by atoms with van der Waals surface area (Å²) in [6.07, 6.45) is 0.827. The van der Waals surface area contributed by atoms with Gasteiger partial charge in [0, 0.05) is 10.0 Å². The van der Waals surface area contributed by atoms with Gasteiger partial charge in [0.2, 0.25) is 0 Å². The van der Waals surface area contributed by atoms with Crippen molar-refractivity contribution in [2.45, 2.75) is 45.1 Å². The Morgan fingerprint density at radius 2 is 1.52 bits per heavy atom. The minimum absolute atomic E-state index is 0.189. The van der Waals surface area contributed by atoms with Crippen molar-refractivity contribution >= 4 is 15.9 Å². The minimum Gasteiger partial charge on any atom is -0.321 e. The Morgan fingerprint density at radius 3 is 2.05 bits per heavy atom. The molecule has 2 N–H and O–H groups in total. The fourth-order valence-corrected chi connectivity index (χ4v) is 2.89. The number of halogens is 1. The van der Waals surface area contributed by atoms with Gasteiger partial charge in [-0.15, -0.1) is 0 Å². The van der Waals surface area contributed by atoms with Gasteiger partial charge in [0.1, 0.15) is 0 Å². The van der Waals surface area contributed by atoms with Gasteiger partial charge in [-0.25, -0.2) is 0 Å². The highest BCUT2D eigenvalue weighted by Gasteiger charge is 2.22. The zero-order chi connectivity index (χ0) is 15.7. The molecule has 0 aliphatic carbocycles. The highest BCUT2D eigenvalue weighted by Crippen LogP contribution is 2.27. The van der Waals surface area contributed by atoms with Crippen LogP contribution in [0.4, 0.5) is 0 Å². The van der Waals surface area contributed by atoms with E-state index in [4.69, 9.17) is 5.73 Å². The van der Waals surface area contributed by atoms with Gasteiger partial charge in [0.15, 0.2) is 0 Å². The fraction of sp³-hybridized carbons (Fsp3) is 0.368. The lowest BCUT2D eigenvalue weighted by Gasteiger charge is -2.26. The summed E-state index contributed by atoms with van der Waals surface area (Å²) in [5.74, 6) is 0. The van der Waals surface area contributed by atoms with Gasteiger partial charge in [-0.05, 0) is 47.6 Å². The fourth-order valence-electron chi connectivity index (χ4n) is 2.49. The summed E-state index contributed by atoms with van der Waals surface area (Å²) < 4.78 is 1.07. The zero-order valence-corrected chi connectivity index (χ0v) is 14.9. The lowest BCUT2D eigenvalue weighted by atomic mass is 9.83. The topological polar surface area (TPSA) is 26.0 Å². The molecule has 0 spiro atoms. The zero-order valence-electron chi connectivity index (χ0n) is 13.3. The molecular weight excluding hydrogens is 322 g/mol. The van der Waals surface area contributed by atoms with E-state index in [-0.39, 0.29) is 11.0 Å². The Labute approximate surface area is 136 Å². The molecule has 0 amide bonds. The second kappa shape index (κ2) is 5.94. The first-order valence-electron chi connectivity index (χ1n) is 7.33. The third-order valence-corrected chi connectivity index (χ3v) is 4.37. The van der Waals surface area contributed by atoms with E-state index < -0.39 is 0 Å². The Balaban J connectivity index is 2.20. The van der Waals surface area contributed by atoms with Crippen LogP contribution >= 0.6 is 15.9 Å². The quantitative estimate of drug-likeness (QED) is 0.816. The van der Waals surface area contributed by atoms with Crippen molar-refractivity contribution in [3.05, 3.63) is 69.7 Å². The van der Waals surface area contributed by atoms with E-state index in [0.29, 0.717) is 0 Å². The lowest BCUT2D eigenvalue weighted by Crippen LogP contribution is -2.35. The second-order valence-electron chi connectivity index (χ2n) is 7.05. The molecule has 0 heterocycles. The molecule has 0 aliphatic rings. The van der Waals surface area contributed by atoms with E-state index in [1.165, 1.54) is 11.1 Å². The number of hydrogen-bond acceptors (Lipinski definition) is 1. The van der Waals surface area contributed by atoms with E-state index in [2.05, 4.69) is 80.0 Å². The molecule has 0 bridgehead atoms. The van der Waals surface area contributed by atoms with Crippen LogP contribution in [0.3, 0.4) is 0 Å². The molecule has 2 aromatic carbocycles. The molecule has 2 heteroatoms. The molecule has 0 aromatic heterocycles. The van der Waals surface area contributed by atoms with Gasteiger partial charge in [-0.1, -0.05) is 73.1 Å². The maximum atomic E-state index is 6.54. The second-order valence-corrected chi connectivity index (χ2v) is 7.97. The van der Waals surface area contributed by atoms with Crippen LogP contribution in [0.2, 0.25) is 0 Å². The largest absolute Gasteiger partial charge is 0.321 e. The molecule has 21 heavy (non-hydrogen) atoms. The molecule has 112 valence electrons. The maximum absolute atomic E-state index is 6.54. The minimum atomic E-state index is -0.368. The summed E-state index contributed by atoms with van der Waals surface area (Å²) in [6.45, 7) is 8.79. The van der Waals surface area contributed by atoms with E-state index in [9.17, 15) is 0 Å². The third kappa shape index (κ3) is 4.18. The van der Waals surface area contributed by atoms with Crippen molar-refractivity contribution in [3.63, 3.8) is 0 Å². The highest BCUT2D eigenvalue weighted by molar-refractivity contribution is 9.10. The third-order valence-electron chi connectivity index (χ3n) is 3.88. The average Bonchev–Trinajstić information content (AvgIpc) is 2.38. The van der Waals surface area contributed by atoms with Crippen LogP contribution in [0.25, 0.3) is 0 Å². The predicted octanol–water partition coefficient (Wildman–Crippen LogP) is 5.16. The summed E-state index contributed by atoms with van der Waals surface area (Å²) in [6, 6.07) is 17.1. The van der Waals surface area contributed by atoms with Gasteiger partial charge in [-0.2, -0.15) is 0 Å². The van der Waals surface area contributed by atoms with Gasteiger partial charge in [0.25, 0.3) is 0 Å². The first kappa shape index (κ1) is 16.3. The molecular formula is C19H24BrN. The van der Waals surface area contributed by atoms with Crippen molar-refractivity contribution in [3.8, 4) is 0 Å². The Morgan fingerprint density at radius 1 is 0.905 bits per heavy atom. The number of rotatable bonds is 3. The van der Waals surface area contributed by atoms with Crippen molar-refractivity contribution in [2.24, 2.45) is 5.73 Å². The SMILES string of the molecule is CC(C)(C)c1ccc(CC(C)(N)c2cccc(Br)c2)cc1. The first-order valence-corrected chi connectivity index (χ1v) is 8.12. The predicted molar refractivity (Wildman–Crippen MR) is 94.5 cm³/mol. The number of benzene rings is 2. The van der Waals surface area contributed by atoms with Crippen molar-refractivity contribution in [2.75, 3.05) is 0 Å². The molecule has 0 fully saturated rings. The van der Waals surface area contributed by atoms with Gasteiger partial charge < -0.3 is 5.73 Å². The number of nitrogens with two attached hydrogens (primary N) is 1. The van der Waals surface area contributed by atoms with Gasteiger partial charge >= 0.3 is 0 Å². The molecule has 0 aliphatic heterocycles. The molecule has 0 saturated heterocycles.